The summed E-state index contributed by atoms with van der Waals surface area (Å²) in [6, 6.07) is 15.6. The fourth-order valence-corrected chi connectivity index (χ4v) is 2.46. The van der Waals surface area contributed by atoms with Gasteiger partial charge in [0.25, 0.3) is 0 Å². The number of hydrogen-bond donors (Lipinski definition) is 2. The number of hydrogen-bond acceptors (Lipinski definition) is 5. The summed E-state index contributed by atoms with van der Waals surface area (Å²) in [6.45, 7) is 3.69. The van der Waals surface area contributed by atoms with Gasteiger partial charge in [-0.05, 0) is 44.2 Å². The molecule has 0 spiro atoms. The molecule has 0 bridgehead atoms. The predicted octanol–water partition coefficient (Wildman–Crippen LogP) is 4.48. The molecule has 0 saturated heterocycles. The number of ketones is 1. The largest absolute Gasteiger partial charge is 0.350 e. The van der Waals surface area contributed by atoms with Crippen LogP contribution >= 0.6 is 0 Å². The Morgan fingerprint density at radius 3 is 2.50 bits per heavy atom. The lowest BCUT2D eigenvalue weighted by molar-refractivity contribution is 0.101. The third kappa shape index (κ3) is 4.42. The SMILES string of the molecule is CC(=O)c1ccc(Nc2cc(C)nc(NCc3ccccc3F)n2)cc1. The molecule has 26 heavy (non-hydrogen) atoms. The van der Waals surface area contributed by atoms with E-state index in [0.29, 0.717) is 29.4 Å². The molecule has 0 amide bonds. The minimum absolute atomic E-state index is 0.0223. The van der Waals surface area contributed by atoms with E-state index in [1.165, 1.54) is 13.0 Å². The Kier molecular flexibility index (Phi) is 5.22. The van der Waals surface area contributed by atoms with Crippen molar-refractivity contribution in [2.24, 2.45) is 0 Å². The number of nitrogens with zero attached hydrogens (tertiary/aromatic N) is 2. The van der Waals surface area contributed by atoms with Crippen molar-refractivity contribution in [1.29, 1.82) is 0 Å². The van der Waals surface area contributed by atoms with Crippen LogP contribution in [0.4, 0.5) is 21.8 Å². The van der Waals surface area contributed by atoms with E-state index in [-0.39, 0.29) is 11.6 Å². The van der Waals surface area contributed by atoms with E-state index >= 15 is 0 Å². The smallest absolute Gasteiger partial charge is 0.225 e. The Labute approximate surface area is 151 Å². The molecule has 0 fully saturated rings. The first kappa shape index (κ1) is 17.5. The van der Waals surface area contributed by atoms with Crippen molar-refractivity contribution in [2.75, 3.05) is 10.6 Å². The summed E-state index contributed by atoms with van der Waals surface area (Å²) in [7, 11) is 0. The second-order valence-corrected chi connectivity index (χ2v) is 5.92. The lowest BCUT2D eigenvalue weighted by Crippen LogP contribution is -2.07. The first-order valence-electron chi connectivity index (χ1n) is 8.22. The molecular formula is C20H19FN4O. The summed E-state index contributed by atoms with van der Waals surface area (Å²) in [5.41, 5.74) is 2.79. The normalized spacial score (nSPS) is 10.4. The van der Waals surface area contributed by atoms with Gasteiger partial charge >= 0.3 is 0 Å². The van der Waals surface area contributed by atoms with Crippen LogP contribution in [-0.2, 0) is 6.54 Å². The van der Waals surface area contributed by atoms with Gasteiger partial charge in [0.1, 0.15) is 11.6 Å². The maximum absolute atomic E-state index is 13.7. The van der Waals surface area contributed by atoms with Crippen molar-refractivity contribution in [3.8, 4) is 0 Å². The molecule has 0 aliphatic carbocycles. The van der Waals surface area contributed by atoms with Gasteiger partial charge in [0.2, 0.25) is 5.95 Å². The zero-order valence-corrected chi connectivity index (χ0v) is 14.6. The van der Waals surface area contributed by atoms with Crippen molar-refractivity contribution in [3.63, 3.8) is 0 Å². The Morgan fingerprint density at radius 1 is 1.08 bits per heavy atom. The van der Waals surface area contributed by atoms with Gasteiger partial charge in [0.05, 0.1) is 0 Å². The summed E-state index contributed by atoms with van der Waals surface area (Å²) < 4.78 is 13.7. The van der Waals surface area contributed by atoms with Gasteiger partial charge in [-0.1, -0.05) is 18.2 Å². The van der Waals surface area contributed by atoms with Crippen molar-refractivity contribution in [2.45, 2.75) is 20.4 Å². The number of rotatable bonds is 6. The molecule has 3 aromatic rings. The maximum Gasteiger partial charge on any atom is 0.225 e. The predicted molar refractivity (Wildman–Crippen MR) is 100 cm³/mol. The molecule has 1 aromatic heterocycles. The second kappa shape index (κ2) is 7.74. The lowest BCUT2D eigenvalue weighted by Gasteiger charge is -2.10. The van der Waals surface area contributed by atoms with Gasteiger partial charge in [0, 0.05) is 35.1 Å². The van der Waals surface area contributed by atoms with Crippen LogP contribution in [0.1, 0.15) is 28.5 Å². The second-order valence-electron chi connectivity index (χ2n) is 5.92. The number of aromatic nitrogens is 2. The van der Waals surface area contributed by atoms with Crippen LogP contribution in [-0.4, -0.2) is 15.8 Å². The highest BCUT2D eigenvalue weighted by Crippen LogP contribution is 2.18. The third-order valence-corrected chi connectivity index (χ3v) is 3.81. The van der Waals surface area contributed by atoms with Gasteiger partial charge in [-0.3, -0.25) is 4.79 Å². The number of halogens is 1. The van der Waals surface area contributed by atoms with Crippen molar-refractivity contribution < 1.29 is 9.18 Å². The molecule has 6 heteroatoms. The highest BCUT2D eigenvalue weighted by atomic mass is 19.1. The van der Waals surface area contributed by atoms with Crippen molar-refractivity contribution in [1.82, 2.24) is 9.97 Å². The molecule has 0 aliphatic heterocycles. The van der Waals surface area contributed by atoms with Gasteiger partial charge in [-0.2, -0.15) is 4.98 Å². The lowest BCUT2D eigenvalue weighted by atomic mass is 10.1. The van der Waals surface area contributed by atoms with Gasteiger partial charge in [-0.15, -0.1) is 0 Å². The van der Waals surface area contributed by atoms with Crippen molar-refractivity contribution >= 4 is 23.2 Å². The standard InChI is InChI=1S/C20H19FN4O/c1-13-11-19(24-17-9-7-15(8-10-17)14(2)26)25-20(23-13)22-12-16-5-3-4-6-18(16)21/h3-11H,12H2,1-2H3,(H2,22,23,24,25). The first-order chi connectivity index (χ1) is 12.5. The van der Waals surface area contributed by atoms with E-state index in [1.54, 1.807) is 30.3 Å². The number of aryl methyl sites for hydroxylation is 1. The Morgan fingerprint density at radius 2 is 1.81 bits per heavy atom. The summed E-state index contributed by atoms with van der Waals surface area (Å²) in [6.07, 6.45) is 0. The first-order valence-corrected chi connectivity index (χ1v) is 8.22. The van der Waals surface area contributed by atoms with E-state index in [0.717, 1.165) is 11.4 Å². The molecule has 2 aromatic carbocycles. The number of Topliss-reactive ketones (excluding diaryl/α,β-unsaturated/α-hetero) is 1. The van der Waals surface area contributed by atoms with E-state index < -0.39 is 0 Å². The van der Waals surface area contributed by atoms with Crippen molar-refractivity contribution in [3.05, 3.63) is 77.2 Å². The summed E-state index contributed by atoms with van der Waals surface area (Å²) in [4.78, 5) is 20.1. The molecule has 5 nitrogen and oxygen atoms in total. The van der Waals surface area contributed by atoms with Crippen LogP contribution in [0.3, 0.4) is 0 Å². The van der Waals surface area contributed by atoms with Crippen LogP contribution in [0.15, 0.2) is 54.6 Å². The van der Waals surface area contributed by atoms with Crippen LogP contribution in [0.25, 0.3) is 0 Å². The number of anilines is 3. The molecule has 1 heterocycles. The average molecular weight is 350 g/mol. The molecule has 3 rings (SSSR count). The Hall–Kier alpha value is -3.28. The summed E-state index contributed by atoms with van der Waals surface area (Å²) >= 11 is 0. The molecular weight excluding hydrogens is 331 g/mol. The van der Waals surface area contributed by atoms with Crippen LogP contribution in [0.5, 0.6) is 0 Å². The monoisotopic (exact) mass is 350 g/mol. The number of carbonyl (C=O) groups is 1. The quantitative estimate of drug-likeness (QED) is 0.642. The highest BCUT2D eigenvalue weighted by Gasteiger charge is 2.06. The molecule has 2 N–H and O–H groups in total. The maximum atomic E-state index is 13.7. The zero-order valence-electron chi connectivity index (χ0n) is 14.6. The van der Waals surface area contributed by atoms with Gasteiger partial charge < -0.3 is 10.6 Å². The van der Waals surface area contributed by atoms with E-state index in [4.69, 9.17) is 0 Å². The minimum atomic E-state index is -0.267. The van der Waals surface area contributed by atoms with Crippen LogP contribution in [0.2, 0.25) is 0 Å². The van der Waals surface area contributed by atoms with Gasteiger partial charge in [-0.25, -0.2) is 9.37 Å². The molecule has 0 aliphatic rings. The van der Waals surface area contributed by atoms with E-state index in [9.17, 15) is 9.18 Å². The molecule has 0 atom stereocenters. The summed E-state index contributed by atoms with van der Waals surface area (Å²) in [5, 5.41) is 6.23. The van der Waals surface area contributed by atoms with E-state index in [1.807, 2.05) is 25.1 Å². The van der Waals surface area contributed by atoms with Crippen LogP contribution < -0.4 is 10.6 Å². The van der Waals surface area contributed by atoms with Gasteiger partial charge in [0.15, 0.2) is 5.78 Å². The number of nitrogens with one attached hydrogen (secondary N) is 2. The fraction of sp³-hybridized carbons (Fsp3) is 0.150. The third-order valence-electron chi connectivity index (χ3n) is 3.81. The van der Waals surface area contributed by atoms with Crippen LogP contribution in [0, 0.1) is 12.7 Å². The fourth-order valence-electron chi connectivity index (χ4n) is 2.46. The minimum Gasteiger partial charge on any atom is -0.350 e. The number of benzene rings is 2. The Bertz CT molecular complexity index is 925. The molecule has 0 saturated carbocycles. The van der Waals surface area contributed by atoms with E-state index in [2.05, 4.69) is 20.6 Å². The molecule has 132 valence electrons. The topological polar surface area (TPSA) is 66.9 Å². The molecule has 0 unspecified atom stereocenters. The number of carbonyl (C=O) groups excluding carboxylic acids is 1. The Balaban J connectivity index is 1.73. The average Bonchev–Trinajstić information content (AvgIpc) is 2.61. The summed E-state index contributed by atoms with van der Waals surface area (Å²) in [5.74, 6) is 0.783. The molecule has 0 radical (unpaired) electrons. The zero-order chi connectivity index (χ0) is 18.5. The highest BCUT2D eigenvalue weighted by molar-refractivity contribution is 5.94.